The van der Waals surface area contributed by atoms with Crippen LogP contribution in [0.5, 0.6) is 5.75 Å². The van der Waals surface area contributed by atoms with Gasteiger partial charge in [0.15, 0.2) is 6.61 Å². The Morgan fingerprint density at radius 2 is 1.67 bits per heavy atom. The number of ether oxygens (including phenoxy) is 1. The number of benzene rings is 2. The second-order valence-electron chi connectivity index (χ2n) is 6.58. The fourth-order valence-corrected chi connectivity index (χ4v) is 2.23. The molecule has 5 heteroatoms. The van der Waals surface area contributed by atoms with Gasteiger partial charge < -0.3 is 9.26 Å². The van der Waals surface area contributed by atoms with Gasteiger partial charge >= 0.3 is 0 Å². The zero-order chi connectivity index (χ0) is 17.2. The van der Waals surface area contributed by atoms with Crippen molar-refractivity contribution >= 4 is 0 Å². The molecule has 0 aliphatic heterocycles. The summed E-state index contributed by atoms with van der Waals surface area (Å²) in [5.41, 5.74) is 2.04. The topological polar surface area (TPSA) is 48.2 Å². The third kappa shape index (κ3) is 3.79. The van der Waals surface area contributed by atoms with E-state index in [1.165, 1.54) is 17.7 Å². The molecule has 0 unspecified atom stereocenters. The Labute approximate surface area is 140 Å². The summed E-state index contributed by atoms with van der Waals surface area (Å²) in [7, 11) is 0. The summed E-state index contributed by atoms with van der Waals surface area (Å²) in [4.78, 5) is 4.26. The van der Waals surface area contributed by atoms with Crippen molar-refractivity contribution in [2.24, 2.45) is 0 Å². The van der Waals surface area contributed by atoms with Gasteiger partial charge in [0.1, 0.15) is 11.6 Å². The molecule has 0 spiro atoms. The summed E-state index contributed by atoms with van der Waals surface area (Å²) in [6.45, 7) is 6.68. The van der Waals surface area contributed by atoms with Gasteiger partial charge in [-0.05, 0) is 47.4 Å². The van der Waals surface area contributed by atoms with Crippen molar-refractivity contribution in [3.63, 3.8) is 0 Å². The van der Waals surface area contributed by atoms with Gasteiger partial charge in [-0.15, -0.1) is 0 Å². The van der Waals surface area contributed by atoms with Crippen molar-refractivity contribution in [3.05, 3.63) is 65.8 Å². The Kier molecular flexibility index (Phi) is 4.34. The standard InChI is InChI=1S/C19H19FN2O2/c1-19(2,3)14-6-10-16(11-7-14)23-12-17-21-18(22-24-17)13-4-8-15(20)9-5-13/h4-11H,12H2,1-3H3. The monoisotopic (exact) mass is 326 g/mol. The summed E-state index contributed by atoms with van der Waals surface area (Å²) in [6.07, 6.45) is 0. The average Bonchev–Trinajstić information content (AvgIpc) is 3.02. The van der Waals surface area contributed by atoms with Gasteiger partial charge in [-0.25, -0.2) is 4.39 Å². The third-order valence-electron chi connectivity index (χ3n) is 3.65. The van der Waals surface area contributed by atoms with Gasteiger partial charge in [0, 0.05) is 5.56 Å². The van der Waals surface area contributed by atoms with E-state index in [4.69, 9.17) is 9.26 Å². The molecule has 2 aromatic carbocycles. The van der Waals surface area contributed by atoms with Gasteiger partial charge in [0.05, 0.1) is 0 Å². The van der Waals surface area contributed by atoms with Crippen LogP contribution in [0.15, 0.2) is 53.1 Å². The van der Waals surface area contributed by atoms with Gasteiger partial charge in [0.25, 0.3) is 5.89 Å². The molecule has 3 aromatic rings. The molecule has 124 valence electrons. The third-order valence-corrected chi connectivity index (χ3v) is 3.65. The first-order valence-electron chi connectivity index (χ1n) is 7.74. The average molecular weight is 326 g/mol. The van der Waals surface area contributed by atoms with E-state index in [1.54, 1.807) is 12.1 Å². The first kappa shape index (κ1) is 16.2. The van der Waals surface area contributed by atoms with E-state index in [-0.39, 0.29) is 17.8 Å². The Balaban J connectivity index is 1.64. The highest BCUT2D eigenvalue weighted by atomic mass is 19.1. The van der Waals surface area contributed by atoms with Crippen LogP contribution in [-0.4, -0.2) is 10.1 Å². The maximum atomic E-state index is 12.9. The Morgan fingerprint density at radius 1 is 1.00 bits per heavy atom. The molecule has 24 heavy (non-hydrogen) atoms. The maximum Gasteiger partial charge on any atom is 0.264 e. The van der Waals surface area contributed by atoms with Crippen LogP contribution in [0.2, 0.25) is 0 Å². The minimum absolute atomic E-state index is 0.106. The van der Waals surface area contributed by atoms with E-state index in [2.05, 4.69) is 30.9 Å². The molecule has 0 radical (unpaired) electrons. The van der Waals surface area contributed by atoms with Crippen LogP contribution in [0, 0.1) is 5.82 Å². The van der Waals surface area contributed by atoms with Crippen LogP contribution in [0.4, 0.5) is 4.39 Å². The largest absolute Gasteiger partial charge is 0.484 e. The Hall–Kier alpha value is -2.69. The molecule has 0 aliphatic carbocycles. The minimum Gasteiger partial charge on any atom is -0.484 e. The number of halogens is 1. The molecule has 0 N–H and O–H groups in total. The van der Waals surface area contributed by atoms with Crippen LogP contribution in [0.1, 0.15) is 32.2 Å². The lowest BCUT2D eigenvalue weighted by atomic mass is 9.87. The lowest BCUT2D eigenvalue weighted by Gasteiger charge is -2.19. The van der Waals surface area contributed by atoms with E-state index < -0.39 is 0 Å². The molecule has 1 aromatic heterocycles. The van der Waals surface area contributed by atoms with Crippen LogP contribution in [0.25, 0.3) is 11.4 Å². The Morgan fingerprint density at radius 3 is 2.29 bits per heavy atom. The normalized spacial score (nSPS) is 11.5. The first-order valence-corrected chi connectivity index (χ1v) is 7.74. The van der Waals surface area contributed by atoms with Crippen molar-refractivity contribution in [1.29, 1.82) is 0 Å². The molecular weight excluding hydrogens is 307 g/mol. The highest BCUT2D eigenvalue weighted by Crippen LogP contribution is 2.24. The molecule has 0 saturated heterocycles. The molecule has 0 fully saturated rings. The molecule has 4 nitrogen and oxygen atoms in total. The number of hydrogen-bond acceptors (Lipinski definition) is 4. The second kappa shape index (κ2) is 6.43. The molecular formula is C19H19FN2O2. The minimum atomic E-state index is -0.301. The molecule has 0 saturated carbocycles. The smallest absolute Gasteiger partial charge is 0.264 e. The lowest BCUT2D eigenvalue weighted by Crippen LogP contribution is -2.10. The molecule has 0 bridgehead atoms. The lowest BCUT2D eigenvalue weighted by molar-refractivity contribution is 0.243. The van der Waals surface area contributed by atoms with Crippen LogP contribution in [0.3, 0.4) is 0 Å². The second-order valence-corrected chi connectivity index (χ2v) is 6.58. The van der Waals surface area contributed by atoms with Gasteiger partial charge in [0.2, 0.25) is 5.82 Å². The van der Waals surface area contributed by atoms with Crippen LogP contribution >= 0.6 is 0 Å². The zero-order valence-electron chi connectivity index (χ0n) is 13.9. The summed E-state index contributed by atoms with van der Waals surface area (Å²) < 4.78 is 23.8. The fraction of sp³-hybridized carbons (Fsp3) is 0.263. The quantitative estimate of drug-likeness (QED) is 0.694. The van der Waals surface area contributed by atoms with Gasteiger partial charge in [-0.2, -0.15) is 4.98 Å². The summed E-state index contributed by atoms with van der Waals surface area (Å²) in [6, 6.07) is 13.9. The highest BCUT2D eigenvalue weighted by molar-refractivity contribution is 5.53. The van der Waals surface area contributed by atoms with Crippen molar-refractivity contribution in [1.82, 2.24) is 10.1 Å². The van der Waals surface area contributed by atoms with Crippen molar-refractivity contribution in [2.45, 2.75) is 32.8 Å². The van der Waals surface area contributed by atoms with Crippen LogP contribution < -0.4 is 4.74 Å². The molecule has 0 atom stereocenters. The molecule has 3 rings (SSSR count). The number of aromatic nitrogens is 2. The first-order chi connectivity index (χ1) is 11.4. The van der Waals surface area contributed by atoms with E-state index in [0.29, 0.717) is 17.3 Å². The van der Waals surface area contributed by atoms with Crippen molar-refractivity contribution < 1.29 is 13.7 Å². The molecule has 0 amide bonds. The maximum absolute atomic E-state index is 12.9. The summed E-state index contributed by atoms with van der Waals surface area (Å²) >= 11 is 0. The summed E-state index contributed by atoms with van der Waals surface area (Å²) in [5, 5.41) is 3.89. The summed E-state index contributed by atoms with van der Waals surface area (Å²) in [5.74, 6) is 1.22. The van der Waals surface area contributed by atoms with Gasteiger partial charge in [-0.3, -0.25) is 0 Å². The fourth-order valence-electron chi connectivity index (χ4n) is 2.23. The van der Waals surface area contributed by atoms with E-state index >= 15 is 0 Å². The molecule has 0 aliphatic rings. The van der Waals surface area contributed by atoms with Gasteiger partial charge in [-0.1, -0.05) is 38.1 Å². The number of nitrogens with zero attached hydrogens (tertiary/aromatic N) is 2. The SMILES string of the molecule is CC(C)(C)c1ccc(OCc2nc(-c3ccc(F)cc3)no2)cc1. The van der Waals surface area contributed by atoms with Crippen LogP contribution in [-0.2, 0) is 12.0 Å². The van der Waals surface area contributed by atoms with Crippen molar-refractivity contribution in [3.8, 4) is 17.1 Å². The number of hydrogen-bond donors (Lipinski definition) is 0. The predicted molar refractivity (Wildman–Crippen MR) is 89.2 cm³/mol. The van der Waals surface area contributed by atoms with E-state index in [9.17, 15) is 4.39 Å². The van der Waals surface area contributed by atoms with E-state index in [0.717, 1.165) is 5.75 Å². The Bertz CT molecular complexity index is 803. The zero-order valence-corrected chi connectivity index (χ0v) is 13.9. The van der Waals surface area contributed by atoms with Crippen molar-refractivity contribution in [2.75, 3.05) is 0 Å². The number of rotatable bonds is 4. The van der Waals surface area contributed by atoms with E-state index in [1.807, 2.05) is 24.3 Å². The molecule has 1 heterocycles. The predicted octanol–water partition coefficient (Wildman–Crippen LogP) is 4.75. The highest BCUT2D eigenvalue weighted by Gasteiger charge is 2.13.